The SMILES string of the molecule is Clc1cccc(CN2C[C@H]3CC[C@@H]2Cc2c(Br)cccc2C3)c1. The zero-order valence-electron chi connectivity index (χ0n) is 13.1. The molecule has 2 aliphatic heterocycles. The second kappa shape index (κ2) is 6.58. The fourth-order valence-corrected chi connectivity index (χ4v) is 5.00. The highest BCUT2D eigenvalue weighted by atomic mass is 79.9. The molecule has 2 atom stereocenters. The standard InChI is InChI=1S/C20H21BrClN/c21-20-6-2-4-16-9-15-7-8-18(11-19(16)20)23(13-15)12-14-3-1-5-17(22)10-14/h1-6,10,15,18H,7-9,11-13H2/t15-,18+/m0/s1. The third kappa shape index (κ3) is 3.35. The molecule has 3 aliphatic rings. The van der Waals surface area contributed by atoms with Crippen molar-refractivity contribution in [3.05, 3.63) is 68.7 Å². The van der Waals surface area contributed by atoms with Crippen LogP contribution in [0.3, 0.4) is 0 Å². The Bertz CT molecular complexity index is 715. The van der Waals surface area contributed by atoms with Crippen LogP contribution >= 0.6 is 27.5 Å². The Hall–Kier alpha value is -0.830. The maximum Gasteiger partial charge on any atom is 0.0409 e. The van der Waals surface area contributed by atoms with Crippen molar-refractivity contribution in [3.8, 4) is 0 Å². The molecule has 1 fully saturated rings. The highest BCUT2D eigenvalue weighted by Gasteiger charge is 2.32. The lowest BCUT2D eigenvalue weighted by Crippen LogP contribution is -2.46. The van der Waals surface area contributed by atoms with Crippen molar-refractivity contribution < 1.29 is 0 Å². The molecular weight excluding hydrogens is 370 g/mol. The minimum absolute atomic E-state index is 0.642. The van der Waals surface area contributed by atoms with E-state index < -0.39 is 0 Å². The molecule has 0 radical (unpaired) electrons. The van der Waals surface area contributed by atoms with Gasteiger partial charge in [0.1, 0.15) is 0 Å². The highest BCUT2D eigenvalue weighted by molar-refractivity contribution is 9.10. The molecule has 0 aromatic heterocycles. The van der Waals surface area contributed by atoms with Crippen LogP contribution in [0.25, 0.3) is 0 Å². The van der Waals surface area contributed by atoms with E-state index in [1.165, 1.54) is 41.4 Å². The molecule has 0 saturated carbocycles. The second-order valence-corrected chi connectivity index (χ2v) is 8.23. The molecule has 1 aliphatic carbocycles. The first-order chi connectivity index (χ1) is 11.2. The lowest BCUT2D eigenvalue weighted by atomic mass is 9.80. The first kappa shape index (κ1) is 15.7. The molecule has 2 aromatic carbocycles. The highest BCUT2D eigenvalue weighted by Crippen LogP contribution is 2.35. The monoisotopic (exact) mass is 389 g/mol. The lowest BCUT2D eigenvalue weighted by Gasteiger charge is -2.42. The molecule has 0 N–H and O–H groups in total. The minimum atomic E-state index is 0.642. The van der Waals surface area contributed by atoms with Gasteiger partial charge in [-0.2, -0.15) is 0 Å². The average Bonchev–Trinajstić information content (AvgIpc) is 2.49. The molecule has 1 nitrogen and oxygen atoms in total. The van der Waals surface area contributed by atoms with Crippen LogP contribution in [0.2, 0.25) is 5.02 Å². The Morgan fingerprint density at radius 3 is 2.83 bits per heavy atom. The van der Waals surface area contributed by atoms with Crippen molar-refractivity contribution in [2.45, 2.75) is 38.3 Å². The Morgan fingerprint density at radius 2 is 1.96 bits per heavy atom. The van der Waals surface area contributed by atoms with Gasteiger partial charge in [-0.1, -0.05) is 51.8 Å². The van der Waals surface area contributed by atoms with E-state index in [2.05, 4.69) is 57.2 Å². The van der Waals surface area contributed by atoms with Gasteiger partial charge in [-0.3, -0.25) is 4.90 Å². The van der Waals surface area contributed by atoms with E-state index in [1.807, 2.05) is 6.07 Å². The van der Waals surface area contributed by atoms with Gasteiger partial charge in [-0.25, -0.2) is 0 Å². The largest absolute Gasteiger partial charge is 0.296 e. The summed E-state index contributed by atoms with van der Waals surface area (Å²) in [4.78, 5) is 2.68. The van der Waals surface area contributed by atoms with Crippen LogP contribution in [0, 0.1) is 5.92 Å². The molecule has 0 amide bonds. The van der Waals surface area contributed by atoms with Crippen LogP contribution in [0.4, 0.5) is 0 Å². The van der Waals surface area contributed by atoms with Gasteiger partial charge in [0.15, 0.2) is 0 Å². The predicted octanol–water partition coefficient (Wildman–Crippen LogP) is 5.48. The third-order valence-electron chi connectivity index (χ3n) is 5.36. The number of hydrogen-bond donors (Lipinski definition) is 0. The summed E-state index contributed by atoms with van der Waals surface area (Å²) in [6.07, 6.45) is 5.05. The van der Waals surface area contributed by atoms with E-state index in [0.29, 0.717) is 6.04 Å². The number of hydrogen-bond acceptors (Lipinski definition) is 1. The topological polar surface area (TPSA) is 3.24 Å². The molecule has 0 unspecified atom stereocenters. The fourth-order valence-electron chi connectivity index (χ4n) is 4.21. The third-order valence-corrected chi connectivity index (χ3v) is 6.33. The van der Waals surface area contributed by atoms with Crippen molar-refractivity contribution in [1.82, 2.24) is 4.90 Å². The molecule has 120 valence electrons. The molecule has 2 aromatic rings. The summed E-state index contributed by atoms with van der Waals surface area (Å²) in [5.41, 5.74) is 4.41. The zero-order valence-corrected chi connectivity index (χ0v) is 15.5. The number of halogens is 2. The fraction of sp³-hybridized carbons (Fsp3) is 0.400. The normalized spacial score (nSPS) is 24.1. The van der Waals surface area contributed by atoms with Crippen molar-refractivity contribution >= 4 is 27.5 Å². The molecular formula is C20H21BrClN. The van der Waals surface area contributed by atoms with Crippen LogP contribution in [0.15, 0.2) is 46.9 Å². The van der Waals surface area contributed by atoms with Gasteiger partial charge < -0.3 is 0 Å². The van der Waals surface area contributed by atoms with E-state index >= 15 is 0 Å². The van der Waals surface area contributed by atoms with Crippen LogP contribution < -0.4 is 0 Å². The average molecular weight is 391 g/mol. The summed E-state index contributed by atoms with van der Waals surface area (Å²) >= 11 is 9.94. The van der Waals surface area contributed by atoms with Crippen molar-refractivity contribution in [3.63, 3.8) is 0 Å². The first-order valence-corrected chi connectivity index (χ1v) is 9.61. The van der Waals surface area contributed by atoms with Crippen LogP contribution in [-0.2, 0) is 19.4 Å². The van der Waals surface area contributed by atoms with E-state index in [4.69, 9.17) is 11.6 Å². The Morgan fingerprint density at radius 1 is 1.09 bits per heavy atom. The number of rotatable bonds is 2. The summed E-state index contributed by atoms with van der Waals surface area (Å²) in [6.45, 7) is 2.23. The maximum absolute atomic E-state index is 6.16. The van der Waals surface area contributed by atoms with Crippen molar-refractivity contribution in [2.75, 3.05) is 6.54 Å². The second-order valence-electron chi connectivity index (χ2n) is 6.94. The summed E-state index contributed by atoms with van der Waals surface area (Å²) in [5, 5.41) is 0.841. The van der Waals surface area contributed by atoms with Gasteiger partial charge in [-0.05, 0) is 66.5 Å². The van der Waals surface area contributed by atoms with Gasteiger partial charge in [0.05, 0.1) is 0 Å². The smallest absolute Gasteiger partial charge is 0.0409 e. The molecule has 23 heavy (non-hydrogen) atoms. The summed E-state index contributed by atoms with van der Waals surface area (Å²) in [7, 11) is 0. The van der Waals surface area contributed by atoms with Gasteiger partial charge in [-0.15, -0.1) is 0 Å². The first-order valence-electron chi connectivity index (χ1n) is 8.44. The van der Waals surface area contributed by atoms with Crippen molar-refractivity contribution in [2.24, 2.45) is 5.92 Å². The summed E-state index contributed by atoms with van der Waals surface area (Å²) < 4.78 is 1.28. The van der Waals surface area contributed by atoms with Gasteiger partial charge >= 0.3 is 0 Å². The minimum Gasteiger partial charge on any atom is -0.296 e. The summed E-state index contributed by atoms with van der Waals surface area (Å²) in [6, 6.07) is 15.7. The number of benzene rings is 2. The van der Waals surface area contributed by atoms with Crippen LogP contribution in [0.1, 0.15) is 29.5 Å². The molecule has 1 saturated heterocycles. The van der Waals surface area contributed by atoms with E-state index in [-0.39, 0.29) is 0 Å². The Labute approximate surface area is 151 Å². The number of nitrogens with zero attached hydrogens (tertiary/aromatic N) is 1. The van der Waals surface area contributed by atoms with E-state index in [9.17, 15) is 0 Å². The molecule has 3 heteroatoms. The zero-order chi connectivity index (χ0) is 15.8. The van der Waals surface area contributed by atoms with Crippen molar-refractivity contribution in [1.29, 1.82) is 0 Å². The van der Waals surface area contributed by atoms with E-state index in [0.717, 1.165) is 23.9 Å². The Balaban J connectivity index is 1.61. The van der Waals surface area contributed by atoms with Gasteiger partial charge in [0, 0.05) is 28.6 Å². The molecule has 2 bridgehead atoms. The predicted molar refractivity (Wildman–Crippen MR) is 99.9 cm³/mol. The summed E-state index contributed by atoms with van der Waals surface area (Å²) in [5.74, 6) is 0.777. The van der Waals surface area contributed by atoms with Crippen LogP contribution in [0.5, 0.6) is 0 Å². The van der Waals surface area contributed by atoms with Gasteiger partial charge in [0.2, 0.25) is 0 Å². The number of fused-ring (bicyclic) bond motifs is 2. The molecule has 0 spiro atoms. The number of piperidine rings is 1. The van der Waals surface area contributed by atoms with Gasteiger partial charge in [0.25, 0.3) is 0 Å². The lowest BCUT2D eigenvalue weighted by molar-refractivity contribution is 0.0937. The maximum atomic E-state index is 6.16. The molecule has 2 heterocycles. The van der Waals surface area contributed by atoms with Crippen LogP contribution in [-0.4, -0.2) is 17.5 Å². The molecule has 5 rings (SSSR count). The Kier molecular flexibility index (Phi) is 4.49. The van der Waals surface area contributed by atoms with E-state index in [1.54, 1.807) is 5.56 Å². The quantitative estimate of drug-likeness (QED) is 0.656.